The van der Waals surface area contributed by atoms with E-state index in [2.05, 4.69) is 15.2 Å². The van der Waals surface area contributed by atoms with E-state index in [-0.39, 0.29) is 17.8 Å². The Labute approximate surface area is 86.9 Å². The van der Waals surface area contributed by atoms with Crippen molar-refractivity contribution in [3.8, 4) is 0 Å². The summed E-state index contributed by atoms with van der Waals surface area (Å²) in [5.74, 6) is -0.388. The van der Waals surface area contributed by atoms with E-state index in [0.717, 1.165) is 19.3 Å². The monoisotopic (exact) mass is 210 g/mol. The number of carboxylic acid groups (broad SMARTS) is 1. The van der Waals surface area contributed by atoms with Gasteiger partial charge in [0.2, 0.25) is 5.95 Å². The minimum atomic E-state index is -0.755. The third-order valence-corrected chi connectivity index (χ3v) is 2.95. The van der Waals surface area contributed by atoms with Gasteiger partial charge in [-0.05, 0) is 12.8 Å². The zero-order valence-corrected chi connectivity index (χ0v) is 8.31. The zero-order valence-electron chi connectivity index (χ0n) is 8.31. The molecule has 0 saturated heterocycles. The van der Waals surface area contributed by atoms with Crippen molar-refractivity contribution in [3.63, 3.8) is 0 Å². The number of carboxylic acids is 1. The van der Waals surface area contributed by atoms with Crippen molar-refractivity contribution in [1.82, 2.24) is 15.2 Å². The summed E-state index contributed by atoms with van der Waals surface area (Å²) >= 11 is 0. The average Bonchev–Trinajstić information content (AvgIpc) is 2.65. The topological polar surface area (TPSA) is 105 Å². The molecule has 1 heterocycles. The van der Waals surface area contributed by atoms with E-state index in [0.29, 0.717) is 12.2 Å². The molecule has 6 heteroatoms. The maximum absolute atomic E-state index is 11.1. The van der Waals surface area contributed by atoms with Crippen LogP contribution in [0.2, 0.25) is 0 Å². The van der Waals surface area contributed by atoms with Crippen molar-refractivity contribution in [3.05, 3.63) is 5.82 Å². The van der Waals surface area contributed by atoms with Crippen LogP contribution in [0, 0.1) is 5.92 Å². The van der Waals surface area contributed by atoms with Crippen LogP contribution in [-0.2, 0) is 4.79 Å². The predicted octanol–water partition coefficient (Wildman–Crippen LogP) is 0.745. The molecule has 0 radical (unpaired) electrons. The van der Waals surface area contributed by atoms with E-state index in [1.165, 1.54) is 0 Å². The molecule has 2 atom stereocenters. The van der Waals surface area contributed by atoms with Gasteiger partial charge < -0.3 is 10.8 Å². The first-order valence-electron chi connectivity index (χ1n) is 5.09. The zero-order chi connectivity index (χ0) is 10.8. The van der Waals surface area contributed by atoms with E-state index >= 15 is 0 Å². The highest BCUT2D eigenvalue weighted by molar-refractivity contribution is 5.71. The molecule has 6 nitrogen and oxygen atoms in total. The number of hydrogen-bond donors (Lipinski definition) is 3. The van der Waals surface area contributed by atoms with Crippen molar-refractivity contribution in [2.24, 2.45) is 5.92 Å². The minimum Gasteiger partial charge on any atom is -0.481 e. The summed E-state index contributed by atoms with van der Waals surface area (Å²) in [4.78, 5) is 15.1. The number of carbonyl (C=O) groups is 1. The van der Waals surface area contributed by atoms with Crippen LogP contribution in [0.3, 0.4) is 0 Å². The molecule has 1 aliphatic carbocycles. The molecule has 1 fully saturated rings. The molecule has 0 aliphatic heterocycles. The number of nitrogens with zero attached hydrogens (tertiary/aromatic N) is 2. The van der Waals surface area contributed by atoms with Crippen molar-refractivity contribution < 1.29 is 9.90 Å². The van der Waals surface area contributed by atoms with Gasteiger partial charge in [-0.1, -0.05) is 12.8 Å². The quantitative estimate of drug-likeness (QED) is 0.667. The van der Waals surface area contributed by atoms with Gasteiger partial charge in [-0.2, -0.15) is 4.98 Å². The number of aromatic nitrogens is 3. The number of nitrogen functional groups attached to an aromatic ring is 1. The van der Waals surface area contributed by atoms with E-state index in [4.69, 9.17) is 10.8 Å². The van der Waals surface area contributed by atoms with Crippen molar-refractivity contribution >= 4 is 11.9 Å². The Morgan fingerprint density at radius 3 is 2.80 bits per heavy atom. The number of H-pyrrole nitrogens is 1. The largest absolute Gasteiger partial charge is 0.481 e. The van der Waals surface area contributed by atoms with E-state index in [1.54, 1.807) is 0 Å². The predicted molar refractivity (Wildman–Crippen MR) is 53.1 cm³/mol. The maximum Gasteiger partial charge on any atom is 0.307 e. The van der Waals surface area contributed by atoms with Gasteiger partial charge in [0.05, 0.1) is 5.92 Å². The minimum absolute atomic E-state index is 0.0685. The number of aromatic amines is 1. The highest BCUT2D eigenvalue weighted by Crippen LogP contribution is 2.36. The van der Waals surface area contributed by atoms with Crippen LogP contribution in [0.1, 0.15) is 37.4 Å². The molecule has 2 rings (SSSR count). The highest BCUT2D eigenvalue weighted by Gasteiger charge is 2.33. The maximum atomic E-state index is 11.1. The smallest absolute Gasteiger partial charge is 0.307 e. The summed E-state index contributed by atoms with van der Waals surface area (Å²) in [7, 11) is 0. The number of aliphatic carboxylic acids is 1. The third-order valence-electron chi connectivity index (χ3n) is 2.95. The Hall–Kier alpha value is -1.59. The Morgan fingerprint density at radius 2 is 2.20 bits per heavy atom. The van der Waals surface area contributed by atoms with Crippen LogP contribution in [0.25, 0.3) is 0 Å². The van der Waals surface area contributed by atoms with Crippen LogP contribution < -0.4 is 5.73 Å². The fraction of sp³-hybridized carbons (Fsp3) is 0.667. The van der Waals surface area contributed by atoms with Gasteiger partial charge in [0.25, 0.3) is 0 Å². The Kier molecular flexibility index (Phi) is 2.57. The fourth-order valence-corrected chi connectivity index (χ4v) is 2.21. The lowest BCUT2D eigenvalue weighted by molar-refractivity contribution is -0.143. The first-order chi connectivity index (χ1) is 7.18. The Morgan fingerprint density at radius 1 is 1.47 bits per heavy atom. The lowest BCUT2D eigenvalue weighted by Gasteiger charge is -2.26. The van der Waals surface area contributed by atoms with Crippen LogP contribution in [-0.4, -0.2) is 26.3 Å². The molecule has 4 N–H and O–H groups in total. The number of nitrogens with one attached hydrogen (secondary N) is 1. The lowest BCUT2D eigenvalue weighted by atomic mass is 9.79. The van der Waals surface area contributed by atoms with E-state index < -0.39 is 5.97 Å². The summed E-state index contributed by atoms with van der Waals surface area (Å²) in [6, 6.07) is 0. The second kappa shape index (κ2) is 3.88. The number of nitrogens with two attached hydrogens (primary N) is 1. The molecule has 15 heavy (non-hydrogen) atoms. The molecule has 0 amide bonds. The van der Waals surface area contributed by atoms with Gasteiger partial charge in [0.1, 0.15) is 5.82 Å². The highest BCUT2D eigenvalue weighted by atomic mass is 16.4. The summed E-state index contributed by atoms with van der Waals surface area (Å²) in [5, 5.41) is 15.5. The van der Waals surface area contributed by atoms with E-state index in [1.807, 2.05) is 0 Å². The second-order valence-corrected chi connectivity index (χ2v) is 3.91. The number of hydrogen-bond acceptors (Lipinski definition) is 4. The molecule has 1 saturated carbocycles. The van der Waals surface area contributed by atoms with Crippen molar-refractivity contribution in [2.75, 3.05) is 5.73 Å². The molecule has 1 aliphatic rings. The van der Waals surface area contributed by atoms with Crippen molar-refractivity contribution in [1.29, 1.82) is 0 Å². The normalized spacial score (nSPS) is 26.4. The fourth-order valence-electron chi connectivity index (χ4n) is 2.21. The standard InChI is InChI=1S/C9H14N4O2/c10-9-11-7(12-13-9)5-3-1-2-4-6(5)8(14)15/h5-6H,1-4H2,(H,14,15)(H3,10,11,12,13). The molecule has 2 unspecified atom stereocenters. The van der Waals surface area contributed by atoms with Gasteiger partial charge >= 0.3 is 5.97 Å². The molecule has 1 aromatic rings. The molecular weight excluding hydrogens is 196 g/mol. The van der Waals surface area contributed by atoms with Crippen LogP contribution >= 0.6 is 0 Å². The van der Waals surface area contributed by atoms with Gasteiger partial charge in [-0.3, -0.25) is 9.89 Å². The first kappa shape index (κ1) is 9.95. The molecule has 0 spiro atoms. The number of anilines is 1. The average molecular weight is 210 g/mol. The van der Waals surface area contributed by atoms with Gasteiger partial charge in [0, 0.05) is 5.92 Å². The molecule has 0 bridgehead atoms. The van der Waals surface area contributed by atoms with Gasteiger partial charge in [-0.15, -0.1) is 5.10 Å². The third kappa shape index (κ3) is 1.93. The Bertz CT molecular complexity index is 363. The SMILES string of the molecule is Nc1n[nH]c(C2CCCCC2C(=O)O)n1. The van der Waals surface area contributed by atoms with Crippen LogP contribution in [0.5, 0.6) is 0 Å². The Balaban J connectivity index is 2.21. The summed E-state index contributed by atoms with van der Waals surface area (Å²) < 4.78 is 0. The van der Waals surface area contributed by atoms with E-state index in [9.17, 15) is 4.79 Å². The summed E-state index contributed by atoms with van der Waals surface area (Å²) in [5.41, 5.74) is 5.41. The lowest BCUT2D eigenvalue weighted by Crippen LogP contribution is -2.26. The molecule has 0 aromatic carbocycles. The van der Waals surface area contributed by atoms with Crippen LogP contribution in [0.15, 0.2) is 0 Å². The first-order valence-corrected chi connectivity index (χ1v) is 5.09. The summed E-state index contributed by atoms with van der Waals surface area (Å²) in [6.45, 7) is 0. The second-order valence-electron chi connectivity index (χ2n) is 3.91. The number of rotatable bonds is 2. The molecule has 82 valence electrons. The molecular formula is C9H14N4O2. The van der Waals surface area contributed by atoms with Gasteiger partial charge in [-0.25, -0.2) is 0 Å². The summed E-state index contributed by atoms with van der Waals surface area (Å²) in [6.07, 6.45) is 3.55. The van der Waals surface area contributed by atoms with Crippen molar-refractivity contribution in [2.45, 2.75) is 31.6 Å². The molecule has 1 aromatic heterocycles. The van der Waals surface area contributed by atoms with Crippen LogP contribution in [0.4, 0.5) is 5.95 Å². The van der Waals surface area contributed by atoms with Gasteiger partial charge in [0.15, 0.2) is 0 Å².